The fourth-order valence-electron chi connectivity index (χ4n) is 3.76. The molecule has 0 atom stereocenters. The maximum absolute atomic E-state index is 5.48. The third-order valence-corrected chi connectivity index (χ3v) is 5.09. The summed E-state index contributed by atoms with van der Waals surface area (Å²) in [7, 11) is 0. The van der Waals surface area contributed by atoms with Crippen LogP contribution in [0.1, 0.15) is 0 Å². The lowest BCUT2D eigenvalue weighted by molar-refractivity contribution is 0.615. The number of pyridine rings is 1. The van der Waals surface area contributed by atoms with E-state index in [1.807, 2.05) is 36.5 Å². The lowest BCUT2D eigenvalue weighted by Gasteiger charge is -2.21. The minimum Gasteiger partial charge on any atom is -0.464 e. The largest absolute Gasteiger partial charge is 0.464 e. The SMILES string of the molecule is c1cnc2c(c1)N(c1ccc3occc3c1)CN2c1ccc2occc2c1. The Hall–Kier alpha value is -3.73. The average Bonchev–Trinajstić information content (AvgIpc) is 3.44. The molecule has 2 aromatic carbocycles. The first-order valence-electron chi connectivity index (χ1n) is 8.81. The van der Waals surface area contributed by atoms with Crippen molar-refractivity contribution in [2.24, 2.45) is 0 Å². The first-order valence-corrected chi connectivity index (χ1v) is 8.81. The van der Waals surface area contributed by atoms with Crippen LogP contribution in [0.3, 0.4) is 0 Å². The molecule has 0 spiro atoms. The molecule has 0 N–H and O–H groups in total. The maximum Gasteiger partial charge on any atom is 0.158 e. The predicted octanol–water partition coefficient (Wildman–Crippen LogP) is 5.82. The second-order valence-corrected chi connectivity index (χ2v) is 6.63. The van der Waals surface area contributed by atoms with Gasteiger partial charge in [0.2, 0.25) is 0 Å². The highest BCUT2D eigenvalue weighted by Gasteiger charge is 2.29. The van der Waals surface area contributed by atoms with Crippen LogP contribution < -0.4 is 9.80 Å². The van der Waals surface area contributed by atoms with Crippen molar-refractivity contribution in [3.63, 3.8) is 0 Å². The zero-order valence-electron chi connectivity index (χ0n) is 14.4. The van der Waals surface area contributed by atoms with E-state index in [1.165, 1.54) is 0 Å². The van der Waals surface area contributed by atoms with Crippen molar-refractivity contribution in [1.29, 1.82) is 0 Å². The van der Waals surface area contributed by atoms with E-state index < -0.39 is 0 Å². The monoisotopic (exact) mass is 353 g/mol. The van der Waals surface area contributed by atoms with Crippen molar-refractivity contribution in [3.05, 3.63) is 79.4 Å². The molecule has 3 aromatic heterocycles. The highest BCUT2D eigenvalue weighted by atomic mass is 16.3. The first kappa shape index (κ1) is 14.4. The second kappa shape index (κ2) is 5.38. The Morgan fingerprint density at radius 1 is 0.741 bits per heavy atom. The van der Waals surface area contributed by atoms with E-state index >= 15 is 0 Å². The van der Waals surface area contributed by atoms with Crippen molar-refractivity contribution in [2.45, 2.75) is 0 Å². The van der Waals surface area contributed by atoms with Gasteiger partial charge in [0.15, 0.2) is 5.82 Å². The molecule has 5 aromatic rings. The van der Waals surface area contributed by atoms with Gasteiger partial charge in [0.05, 0.1) is 18.2 Å². The fraction of sp³-hybridized carbons (Fsp3) is 0.0455. The highest BCUT2D eigenvalue weighted by Crippen LogP contribution is 2.43. The minimum absolute atomic E-state index is 0.694. The molecule has 5 nitrogen and oxygen atoms in total. The van der Waals surface area contributed by atoms with Gasteiger partial charge >= 0.3 is 0 Å². The van der Waals surface area contributed by atoms with Gasteiger partial charge in [0, 0.05) is 28.3 Å². The van der Waals surface area contributed by atoms with Gasteiger partial charge in [-0.1, -0.05) is 0 Å². The standard InChI is InChI=1S/C22H15N3O2/c1-2-19-22(23-9-1)25(18-4-6-21-16(13-18)8-11-27-21)14-24(19)17-3-5-20-15(12-17)7-10-26-20/h1-13H,14H2. The number of aromatic nitrogens is 1. The molecule has 5 heteroatoms. The molecule has 130 valence electrons. The summed E-state index contributed by atoms with van der Waals surface area (Å²) in [5.41, 5.74) is 5.08. The van der Waals surface area contributed by atoms with E-state index in [9.17, 15) is 0 Å². The number of fused-ring (bicyclic) bond motifs is 3. The van der Waals surface area contributed by atoms with E-state index in [1.54, 1.807) is 12.5 Å². The number of rotatable bonds is 2. The van der Waals surface area contributed by atoms with Crippen LogP contribution in [0.5, 0.6) is 0 Å². The Bertz CT molecular complexity index is 1190. The van der Waals surface area contributed by atoms with Gasteiger partial charge < -0.3 is 18.6 Å². The molecular weight excluding hydrogens is 338 g/mol. The molecule has 0 unspecified atom stereocenters. The van der Waals surface area contributed by atoms with Gasteiger partial charge in [-0.25, -0.2) is 4.98 Å². The van der Waals surface area contributed by atoms with Crippen LogP contribution in [0.15, 0.2) is 88.2 Å². The van der Waals surface area contributed by atoms with Gasteiger partial charge in [0.25, 0.3) is 0 Å². The molecule has 0 bridgehead atoms. The molecule has 27 heavy (non-hydrogen) atoms. The van der Waals surface area contributed by atoms with Crippen LogP contribution in [0, 0.1) is 0 Å². The van der Waals surface area contributed by atoms with E-state index in [0.29, 0.717) is 6.67 Å². The van der Waals surface area contributed by atoms with Gasteiger partial charge in [0.1, 0.15) is 17.8 Å². The summed E-state index contributed by atoms with van der Waals surface area (Å²) in [5.74, 6) is 0.952. The summed E-state index contributed by atoms with van der Waals surface area (Å²) in [4.78, 5) is 9.15. The molecule has 0 aliphatic carbocycles. The van der Waals surface area contributed by atoms with E-state index in [4.69, 9.17) is 8.83 Å². The quantitative estimate of drug-likeness (QED) is 0.400. The van der Waals surface area contributed by atoms with Crippen LogP contribution in [-0.2, 0) is 0 Å². The van der Waals surface area contributed by atoms with Crippen LogP contribution >= 0.6 is 0 Å². The Labute approximate surface area is 155 Å². The average molecular weight is 353 g/mol. The summed E-state index contributed by atoms with van der Waals surface area (Å²) in [6.45, 7) is 0.694. The van der Waals surface area contributed by atoms with Crippen molar-refractivity contribution < 1.29 is 8.83 Å². The lowest BCUT2D eigenvalue weighted by atomic mass is 10.2. The van der Waals surface area contributed by atoms with E-state index in [0.717, 1.165) is 44.8 Å². The molecule has 1 aliphatic heterocycles. The molecule has 0 fully saturated rings. The van der Waals surface area contributed by atoms with Crippen molar-refractivity contribution >= 4 is 44.8 Å². The zero-order chi connectivity index (χ0) is 17.8. The molecule has 0 amide bonds. The lowest BCUT2D eigenvalue weighted by Crippen LogP contribution is -2.24. The Balaban J connectivity index is 1.47. The number of furan rings is 2. The number of hydrogen-bond acceptors (Lipinski definition) is 5. The number of hydrogen-bond donors (Lipinski definition) is 0. The summed E-state index contributed by atoms with van der Waals surface area (Å²) >= 11 is 0. The van der Waals surface area contributed by atoms with Crippen LogP contribution in [-0.4, -0.2) is 11.7 Å². The van der Waals surface area contributed by atoms with Crippen molar-refractivity contribution in [1.82, 2.24) is 4.98 Å². The van der Waals surface area contributed by atoms with Gasteiger partial charge in [-0.3, -0.25) is 0 Å². The third kappa shape index (κ3) is 2.15. The topological polar surface area (TPSA) is 45.7 Å². The van der Waals surface area contributed by atoms with Gasteiger partial charge in [-0.05, 0) is 60.7 Å². The van der Waals surface area contributed by atoms with E-state index in [2.05, 4.69) is 45.1 Å². The Morgan fingerprint density at radius 3 is 2.11 bits per heavy atom. The highest BCUT2D eigenvalue weighted by molar-refractivity contribution is 5.90. The first-order chi connectivity index (χ1) is 13.4. The van der Waals surface area contributed by atoms with Gasteiger partial charge in [-0.2, -0.15) is 0 Å². The fourth-order valence-corrected chi connectivity index (χ4v) is 3.76. The second-order valence-electron chi connectivity index (χ2n) is 6.63. The molecule has 0 radical (unpaired) electrons. The molecule has 0 saturated heterocycles. The molecule has 1 aliphatic rings. The van der Waals surface area contributed by atoms with Crippen LogP contribution in [0.25, 0.3) is 21.9 Å². The van der Waals surface area contributed by atoms with Crippen LogP contribution in [0.4, 0.5) is 22.9 Å². The zero-order valence-corrected chi connectivity index (χ0v) is 14.4. The molecule has 4 heterocycles. The van der Waals surface area contributed by atoms with Gasteiger partial charge in [-0.15, -0.1) is 0 Å². The molecule has 0 saturated carbocycles. The number of anilines is 4. The summed E-state index contributed by atoms with van der Waals surface area (Å²) in [6, 6.07) is 20.5. The summed E-state index contributed by atoms with van der Waals surface area (Å²) in [6.07, 6.45) is 5.28. The summed E-state index contributed by atoms with van der Waals surface area (Å²) < 4.78 is 11.0. The maximum atomic E-state index is 5.48. The Morgan fingerprint density at radius 2 is 1.41 bits per heavy atom. The smallest absolute Gasteiger partial charge is 0.158 e. The van der Waals surface area contributed by atoms with Crippen LogP contribution in [0.2, 0.25) is 0 Å². The number of benzene rings is 2. The predicted molar refractivity (Wildman–Crippen MR) is 106 cm³/mol. The summed E-state index contributed by atoms with van der Waals surface area (Å²) in [5, 5.41) is 2.18. The third-order valence-electron chi connectivity index (χ3n) is 5.09. The molecule has 6 rings (SSSR count). The van der Waals surface area contributed by atoms with Crippen molar-refractivity contribution in [2.75, 3.05) is 16.5 Å². The minimum atomic E-state index is 0.694. The normalized spacial score (nSPS) is 13.6. The molecular formula is C22H15N3O2. The number of nitrogens with zero attached hydrogens (tertiary/aromatic N) is 3. The Kier molecular flexibility index (Phi) is 2.88. The van der Waals surface area contributed by atoms with Crippen molar-refractivity contribution in [3.8, 4) is 0 Å². The van der Waals surface area contributed by atoms with E-state index in [-0.39, 0.29) is 0 Å².